The number of benzene rings is 2. The number of hydrazone groups is 1. The first-order valence-electron chi connectivity index (χ1n) is 7.13. The number of rotatable bonds is 4. The van der Waals surface area contributed by atoms with Crippen molar-refractivity contribution in [3.05, 3.63) is 85.7 Å². The van der Waals surface area contributed by atoms with Gasteiger partial charge in [0, 0.05) is 0 Å². The van der Waals surface area contributed by atoms with Crippen LogP contribution in [0.3, 0.4) is 0 Å². The molecular formula is C17H11Cl3N4O. The monoisotopic (exact) mass is 392 g/mol. The molecule has 0 spiro atoms. The predicted molar refractivity (Wildman–Crippen MR) is 103 cm³/mol. The average Bonchev–Trinajstić information content (AvgIpc) is 2.62. The van der Waals surface area contributed by atoms with Crippen LogP contribution in [0.5, 0.6) is 0 Å². The predicted octanol–water partition coefficient (Wildman–Crippen LogP) is 4.64. The largest absolute Gasteiger partial charge is 0.292 e. The Labute approximate surface area is 158 Å². The van der Waals surface area contributed by atoms with Crippen molar-refractivity contribution in [3.8, 4) is 5.69 Å². The summed E-state index contributed by atoms with van der Waals surface area (Å²) in [5, 5.41) is 9.02. The van der Waals surface area contributed by atoms with Gasteiger partial charge in [0.05, 0.1) is 28.1 Å². The minimum absolute atomic E-state index is 0.00913. The molecule has 126 valence electrons. The van der Waals surface area contributed by atoms with Crippen LogP contribution in [0.2, 0.25) is 15.1 Å². The third kappa shape index (κ3) is 4.02. The molecule has 0 radical (unpaired) electrons. The number of nitrogens with zero attached hydrogens (tertiary/aromatic N) is 3. The second kappa shape index (κ2) is 7.70. The zero-order chi connectivity index (χ0) is 17.8. The molecule has 2 aromatic carbocycles. The van der Waals surface area contributed by atoms with Gasteiger partial charge in [0.2, 0.25) is 0 Å². The summed E-state index contributed by atoms with van der Waals surface area (Å²) in [7, 11) is 0. The lowest BCUT2D eigenvalue weighted by Crippen LogP contribution is -2.22. The zero-order valence-corrected chi connectivity index (χ0v) is 14.9. The van der Waals surface area contributed by atoms with Gasteiger partial charge >= 0.3 is 0 Å². The maximum Gasteiger partial charge on any atom is 0.292 e. The van der Waals surface area contributed by atoms with Gasteiger partial charge in [0.15, 0.2) is 0 Å². The molecule has 5 nitrogen and oxygen atoms in total. The van der Waals surface area contributed by atoms with Gasteiger partial charge in [-0.1, -0.05) is 59.1 Å². The van der Waals surface area contributed by atoms with E-state index >= 15 is 0 Å². The average molecular weight is 394 g/mol. The summed E-state index contributed by atoms with van der Waals surface area (Å²) >= 11 is 17.9. The maximum atomic E-state index is 12.3. The molecule has 0 saturated carbocycles. The van der Waals surface area contributed by atoms with E-state index < -0.39 is 5.56 Å². The summed E-state index contributed by atoms with van der Waals surface area (Å²) in [6.07, 6.45) is 2.96. The Morgan fingerprint density at radius 2 is 1.80 bits per heavy atom. The Hall–Kier alpha value is -2.34. The van der Waals surface area contributed by atoms with E-state index in [-0.39, 0.29) is 5.02 Å². The fraction of sp³-hybridized carbons (Fsp3) is 0. The van der Waals surface area contributed by atoms with Crippen LogP contribution in [0.4, 0.5) is 5.69 Å². The Balaban J connectivity index is 1.82. The minimum atomic E-state index is -0.442. The molecule has 3 rings (SSSR count). The SMILES string of the molecule is O=c1c(Cl)c(N/N=C/c2ccc(Cl)c(Cl)c2)cnn1-c1ccccc1. The third-order valence-electron chi connectivity index (χ3n) is 3.26. The van der Waals surface area contributed by atoms with Crippen molar-refractivity contribution in [1.29, 1.82) is 0 Å². The molecule has 0 unspecified atom stereocenters. The van der Waals surface area contributed by atoms with E-state index in [1.54, 1.807) is 30.3 Å². The topological polar surface area (TPSA) is 59.3 Å². The van der Waals surface area contributed by atoms with Crippen molar-refractivity contribution in [3.63, 3.8) is 0 Å². The van der Waals surface area contributed by atoms with Crippen LogP contribution >= 0.6 is 34.8 Å². The normalized spacial score (nSPS) is 11.0. The van der Waals surface area contributed by atoms with Gasteiger partial charge in [-0.25, -0.2) is 0 Å². The van der Waals surface area contributed by atoms with Gasteiger partial charge in [-0.2, -0.15) is 14.9 Å². The van der Waals surface area contributed by atoms with Crippen LogP contribution in [0.15, 0.2) is 64.6 Å². The Kier molecular flexibility index (Phi) is 5.38. The highest BCUT2D eigenvalue weighted by Crippen LogP contribution is 2.22. The van der Waals surface area contributed by atoms with Gasteiger partial charge in [-0.15, -0.1) is 0 Å². The molecular weight excluding hydrogens is 383 g/mol. The number of anilines is 1. The van der Waals surface area contributed by atoms with Crippen molar-refractivity contribution in [1.82, 2.24) is 9.78 Å². The first-order chi connectivity index (χ1) is 12.1. The highest BCUT2D eigenvalue weighted by Gasteiger charge is 2.09. The van der Waals surface area contributed by atoms with Gasteiger partial charge in [0.1, 0.15) is 10.7 Å². The van der Waals surface area contributed by atoms with Crippen LogP contribution in [-0.2, 0) is 0 Å². The molecule has 0 aliphatic carbocycles. The first kappa shape index (κ1) is 17.5. The van der Waals surface area contributed by atoms with Crippen LogP contribution in [-0.4, -0.2) is 16.0 Å². The summed E-state index contributed by atoms with van der Waals surface area (Å²) in [6.45, 7) is 0. The molecule has 3 aromatic rings. The Morgan fingerprint density at radius 1 is 1.04 bits per heavy atom. The second-order valence-corrected chi connectivity index (χ2v) is 6.16. The van der Waals surface area contributed by atoms with Gasteiger partial charge < -0.3 is 0 Å². The summed E-state index contributed by atoms with van der Waals surface area (Å²) < 4.78 is 1.22. The summed E-state index contributed by atoms with van der Waals surface area (Å²) in [5.41, 5.74) is 3.92. The smallest absolute Gasteiger partial charge is 0.275 e. The highest BCUT2D eigenvalue weighted by molar-refractivity contribution is 6.42. The van der Waals surface area contributed by atoms with Gasteiger partial charge in [-0.3, -0.25) is 10.2 Å². The van der Waals surface area contributed by atoms with Crippen LogP contribution < -0.4 is 11.0 Å². The molecule has 1 aromatic heterocycles. The molecule has 1 heterocycles. The lowest BCUT2D eigenvalue weighted by molar-refractivity contribution is 0.808. The van der Waals surface area contributed by atoms with E-state index in [0.717, 1.165) is 5.56 Å². The highest BCUT2D eigenvalue weighted by atomic mass is 35.5. The molecule has 25 heavy (non-hydrogen) atoms. The summed E-state index contributed by atoms with van der Waals surface area (Å²) in [5.74, 6) is 0. The lowest BCUT2D eigenvalue weighted by atomic mass is 10.2. The Bertz CT molecular complexity index is 987. The van der Waals surface area contributed by atoms with E-state index in [1.165, 1.54) is 17.1 Å². The van der Waals surface area contributed by atoms with Crippen LogP contribution in [0.1, 0.15) is 5.56 Å². The number of para-hydroxylation sites is 1. The fourth-order valence-corrected chi connectivity index (χ4v) is 2.51. The molecule has 0 aliphatic heterocycles. The molecule has 0 atom stereocenters. The number of aromatic nitrogens is 2. The molecule has 0 fully saturated rings. The van der Waals surface area contributed by atoms with Crippen molar-refractivity contribution in [2.75, 3.05) is 5.43 Å². The fourth-order valence-electron chi connectivity index (χ4n) is 2.03. The maximum absolute atomic E-state index is 12.3. The van der Waals surface area contributed by atoms with E-state index in [1.807, 2.05) is 18.2 Å². The molecule has 0 saturated heterocycles. The van der Waals surface area contributed by atoms with Crippen LogP contribution in [0, 0.1) is 0 Å². The van der Waals surface area contributed by atoms with Crippen molar-refractivity contribution < 1.29 is 0 Å². The van der Waals surface area contributed by atoms with E-state index in [0.29, 0.717) is 21.4 Å². The standard InChI is InChI=1S/C17H11Cl3N4O/c18-13-7-6-11(8-14(13)19)9-21-23-15-10-22-24(17(25)16(15)20)12-4-2-1-3-5-12/h1-10,23H/b21-9+. The van der Waals surface area contributed by atoms with Gasteiger partial charge in [-0.05, 0) is 29.8 Å². The van der Waals surface area contributed by atoms with E-state index in [9.17, 15) is 4.79 Å². The van der Waals surface area contributed by atoms with Crippen LogP contribution in [0.25, 0.3) is 5.69 Å². The van der Waals surface area contributed by atoms with Crippen molar-refractivity contribution in [2.24, 2.45) is 5.10 Å². The van der Waals surface area contributed by atoms with Crippen molar-refractivity contribution >= 4 is 46.7 Å². The number of halogens is 3. The zero-order valence-electron chi connectivity index (χ0n) is 12.7. The van der Waals surface area contributed by atoms with E-state index in [2.05, 4.69) is 15.6 Å². The first-order valence-corrected chi connectivity index (χ1v) is 8.27. The lowest BCUT2D eigenvalue weighted by Gasteiger charge is -2.07. The second-order valence-electron chi connectivity index (χ2n) is 4.97. The van der Waals surface area contributed by atoms with Crippen molar-refractivity contribution in [2.45, 2.75) is 0 Å². The summed E-state index contributed by atoms with van der Waals surface area (Å²) in [6, 6.07) is 14.1. The Morgan fingerprint density at radius 3 is 2.52 bits per heavy atom. The van der Waals surface area contributed by atoms with Gasteiger partial charge in [0.25, 0.3) is 5.56 Å². The van der Waals surface area contributed by atoms with E-state index in [4.69, 9.17) is 34.8 Å². The molecule has 0 aliphatic rings. The number of hydrogen-bond acceptors (Lipinski definition) is 4. The molecule has 0 bridgehead atoms. The number of hydrogen-bond donors (Lipinski definition) is 1. The summed E-state index contributed by atoms with van der Waals surface area (Å²) in [4.78, 5) is 12.3. The quantitative estimate of drug-likeness (QED) is 0.519. The minimum Gasteiger partial charge on any atom is -0.275 e. The molecule has 8 heteroatoms. The molecule has 1 N–H and O–H groups in total. The third-order valence-corrected chi connectivity index (χ3v) is 4.37. The molecule has 0 amide bonds. The number of nitrogens with one attached hydrogen (secondary N) is 1.